The van der Waals surface area contributed by atoms with Crippen LogP contribution in [0.2, 0.25) is 0 Å². The van der Waals surface area contributed by atoms with E-state index in [1.807, 2.05) is 35.3 Å². The smallest absolute Gasteiger partial charge is 0.329 e. The van der Waals surface area contributed by atoms with E-state index in [1.54, 1.807) is 22.1 Å². The van der Waals surface area contributed by atoms with E-state index < -0.39 is 0 Å². The van der Waals surface area contributed by atoms with Gasteiger partial charge in [-0.25, -0.2) is 14.8 Å². The van der Waals surface area contributed by atoms with Gasteiger partial charge in [0.05, 0.1) is 33.0 Å². The van der Waals surface area contributed by atoms with Crippen molar-refractivity contribution in [2.45, 2.75) is 31.7 Å². The Kier molecular flexibility index (Phi) is 3.56. The number of hydrogen-bond donors (Lipinski definition) is 1. The van der Waals surface area contributed by atoms with Crippen LogP contribution in [0.25, 0.3) is 21.3 Å². The van der Waals surface area contributed by atoms with Crippen LogP contribution in [0.3, 0.4) is 0 Å². The first-order chi connectivity index (χ1) is 12.7. The number of benzene rings is 1. The van der Waals surface area contributed by atoms with Gasteiger partial charge in [0.2, 0.25) is 0 Å². The maximum absolute atomic E-state index is 12.7. The van der Waals surface area contributed by atoms with Crippen molar-refractivity contribution in [1.29, 1.82) is 0 Å². The lowest BCUT2D eigenvalue weighted by molar-refractivity contribution is 0.509. The molecule has 1 aliphatic carbocycles. The zero-order valence-electron chi connectivity index (χ0n) is 14.5. The van der Waals surface area contributed by atoms with E-state index in [0.29, 0.717) is 6.04 Å². The highest BCUT2D eigenvalue weighted by Crippen LogP contribution is 2.32. The highest BCUT2D eigenvalue weighted by atomic mass is 32.1. The van der Waals surface area contributed by atoms with E-state index in [9.17, 15) is 4.79 Å². The lowest BCUT2D eigenvalue weighted by Gasteiger charge is -2.12. The minimum Gasteiger partial charge on any atom is -0.340 e. The van der Waals surface area contributed by atoms with Crippen LogP contribution in [0.5, 0.6) is 0 Å². The van der Waals surface area contributed by atoms with E-state index in [-0.39, 0.29) is 5.69 Å². The average molecular weight is 365 g/mol. The molecular formula is C19H19N5OS. The first kappa shape index (κ1) is 15.6. The minimum atomic E-state index is 0.0527. The Morgan fingerprint density at radius 3 is 2.85 bits per heavy atom. The van der Waals surface area contributed by atoms with Gasteiger partial charge in [0, 0.05) is 24.8 Å². The molecule has 1 N–H and O–H groups in total. The normalized spacial score (nSPS) is 15.3. The van der Waals surface area contributed by atoms with Crippen molar-refractivity contribution in [3.63, 3.8) is 0 Å². The number of thiazole rings is 1. The quantitative estimate of drug-likeness (QED) is 0.591. The van der Waals surface area contributed by atoms with Gasteiger partial charge in [0.25, 0.3) is 0 Å². The van der Waals surface area contributed by atoms with E-state index in [4.69, 9.17) is 0 Å². The lowest BCUT2D eigenvalue weighted by Crippen LogP contribution is -2.24. The van der Waals surface area contributed by atoms with Crippen molar-refractivity contribution in [3.05, 3.63) is 46.5 Å². The fraction of sp³-hybridized carbons (Fsp3) is 0.316. The molecule has 1 aromatic carbocycles. The number of imidazole rings is 1. The molecule has 7 heteroatoms. The van der Waals surface area contributed by atoms with Gasteiger partial charge in [-0.2, -0.15) is 0 Å². The van der Waals surface area contributed by atoms with Crippen LogP contribution in [0.4, 0.5) is 11.5 Å². The second kappa shape index (κ2) is 5.95. The molecule has 0 atom stereocenters. The summed E-state index contributed by atoms with van der Waals surface area (Å²) in [5.74, 6) is 0.749. The minimum absolute atomic E-state index is 0.0527. The number of nitrogens with zero attached hydrogens (tertiary/aromatic N) is 4. The molecule has 0 saturated heterocycles. The van der Waals surface area contributed by atoms with E-state index >= 15 is 0 Å². The van der Waals surface area contributed by atoms with Gasteiger partial charge < -0.3 is 5.32 Å². The average Bonchev–Trinajstić information content (AvgIpc) is 3.36. The van der Waals surface area contributed by atoms with Gasteiger partial charge in [-0.05, 0) is 31.0 Å². The van der Waals surface area contributed by atoms with Gasteiger partial charge in [0.15, 0.2) is 0 Å². The van der Waals surface area contributed by atoms with Crippen LogP contribution in [0.15, 0.2) is 40.8 Å². The Labute approximate surface area is 154 Å². The van der Waals surface area contributed by atoms with Gasteiger partial charge >= 0.3 is 5.69 Å². The van der Waals surface area contributed by atoms with Gasteiger partial charge in [-0.1, -0.05) is 12.8 Å². The number of aryl methyl sites for hydroxylation is 1. The molecule has 3 aromatic heterocycles. The Morgan fingerprint density at radius 2 is 2.00 bits per heavy atom. The van der Waals surface area contributed by atoms with Crippen molar-refractivity contribution in [3.8, 4) is 0 Å². The van der Waals surface area contributed by atoms with E-state index in [1.165, 1.54) is 12.8 Å². The molecule has 0 amide bonds. The fourth-order valence-electron chi connectivity index (χ4n) is 3.92. The van der Waals surface area contributed by atoms with Crippen LogP contribution < -0.4 is 11.0 Å². The van der Waals surface area contributed by atoms with Crippen LogP contribution in [0, 0.1) is 0 Å². The predicted octanol–water partition coefficient (Wildman–Crippen LogP) is 4.20. The third kappa shape index (κ3) is 2.42. The fourth-order valence-corrected chi connectivity index (χ4v) is 4.64. The number of nitrogens with one attached hydrogen (secondary N) is 1. The third-order valence-corrected chi connectivity index (χ3v) is 6.06. The second-order valence-corrected chi connectivity index (χ2v) is 7.75. The first-order valence-corrected chi connectivity index (χ1v) is 9.76. The molecule has 0 spiro atoms. The summed E-state index contributed by atoms with van der Waals surface area (Å²) >= 11 is 1.62. The second-order valence-electron chi connectivity index (χ2n) is 6.87. The van der Waals surface area contributed by atoms with Crippen molar-refractivity contribution in [2.24, 2.45) is 7.05 Å². The molecule has 26 heavy (non-hydrogen) atoms. The zero-order valence-corrected chi connectivity index (χ0v) is 15.3. The summed E-state index contributed by atoms with van der Waals surface area (Å²) in [6.45, 7) is 0. The maximum atomic E-state index is 12.7. The third-order valence-electron chi connectivity index (χ3n) is 5.27. The van der Waals surface area contributed by atoms with Crippen molar-refractivity contribution < 1.29 is 0 Å². The number of rotatable bonds is 3. The molecule has 1 saturated carbocycles. The molecule has 132 valence electrons. The molecule has 1 fully saturated rings. The monoisotopic (exact) mass is 365 g/mol. The number of hydrogen-bond acceptors (Lipinski definition) is 5. The Balaban J connectivity index is 1.58. The molecule has 0 unspecified atom stereocenters. The lowest BCUT2D eigenvalue weighted by atomic mass is 10.2. The highest BCUT2D eigenvalue weighted by molar-refractivity contribution is 7.16. The van der Waals surface area contributed by atoms with Crippen molar-refractivity contribution in [1.82, 2.24) is 19.1 Å². The molecule has 0 bridgehead atoms. The van der Waals surface area contributed by atoms with Gasteiger partial charge in [0.1, 0.15) is 5.82 Å². The maximum Gasteiger partial charge on any atom is 0.329 e. The standard InChI is InChI=1S/C19H19N5OS/c1-23-16-10-20-18(22-12-6-7-14-17(8-12)26-11-21-14)9-15(16)24(19(23)25)13-4-2-3-5-13/h6-11,13H,2-5H2,1H3,(H,20,22). The summed E-state index contributed by atoms with van der Waals surface area (Å²) in [5, 5.41) is 3.37. The number of anilines is 2. The first-order valence-electron chi connectivity index (χ1n) is 8.88. The van der Waals surface area contributed by atoms with Crippen LogP contribution in [-0.4, -0.2) is 19.1 Å². The topological polar surface area (TPSA) is 64.7 Å². The number of fused-ring (bicyclic) bond motifs is 2. The molecule has 3 heterocycles. The molecule has 1 aliphatic rings. The van der Waals surface area contributed by atoms with Gasteiger partial charge in [-0.15, -0.1) is 11.3 Å². The summed E-state index contributed by atoms with van der Waals surface area (Å²) in [7, 11) is 1.82. The molecular weight excluding hydrogens is 346 g/mol. The van der Waals surface area contributed by atoms with E-state index in [0.717, 1.165) is 45.6 Å². The van der Waals surface area contributed by atoms with Crippen LogP contribution in [-0.2, 0) is 7.05 Å². The molecule has 6 nitrogen and oxygen atoms in total. The largest absolute Gasteiger partial charge is 0.340 e. The summed E-state index contributed by atoms with van der Waals surface area (Å²) in [6.07, 6.45) is 6.32. The highest BCUT2D eigenvalue weighted by Gasteiger charge is 2.23. The summed E-state index contributed by atoms with van der Waals surface area (Å²) in [4.78, 5) is 21.6. The Hall–Kier alpha value is -2.67. The van der Waals surface area contributed by atoms with Crippen LogP contribution >= 0.6 is 11.3 Å². The van der Waals surface area contributed by atoms with E-state index in [2.05, 4.69) is 21.4 Å². The molecule has 0 aliphatic heterocycles. The van der Waals surface area contributed by atoms with Crippen molar-refractivity contribution in [2.75, 3.05) is 5.32 Å². The van der Waals surface area contributed by atoms with Gasteiger partial charge in [-0.3, -0.25) is 9.13 Å². The van der Waals surface area contributed by atoms with Crippen LogP contribution in [0.1, 0.15) is 31.7 Å². The summed E-state index contributed by atoms with van der Waals surface area (Å²) in [5.41, 5.74) is 5.72. The Morgan fingerprint density at radius 1 is 1.15 bits per heavy atom. The summed E-state index contributed by atoms with van der Waals surface area (Å²) in [6, 6.07) is 8.38. The molecule has 5 rings (SSSR count). The zero-order chi connectivity index (χ0) is 17.7. The van der Waals surface area contributed by atoms with Crippen molar-refractivity contribution >= 4 is 44.1 Å². The predicted molar refractivity (Wildman–Crippen MR) is 105 cm³/mol. The Bertz CT molecular complexity index is 1170. The number of pyridine rings is 1. The molecule has 4 aromatic rings. The SMILES string of the molecule is Cn1c(=O)n(C2CCCC2)c2cc(Nc3ccc4ncsc4c3)ncc21. The summed E-state index contributed by atoms with van der Waals surface area (Å²) < 4.78 is 4.80. The molecule has 0 radical (unpaired) electrons. The number of aromatic nitrogens is 4.